The minimum atomic E-state index is 0.194. The van der Waals surface area contributed by atoms with Crippen molar-refractivity contribution in [3.63, 3.8) is 0 Å². The summed E-state index contributed by atoms with van der Waals surface area (Å²) in [6, 6.07) is 29.2. The quantitative estimate of drug-likeness (QED) is 0.172. The van der Waals surface area contributed by atoms with E-state index in [1.807, 2.05) is 40.9 Å². The lowest BCUT2D eigenvalue weighted by Gasteiger charge is -2.31. The number of H-pyrrole nitrogens is 1. The normalized spacial score (nSPS) is 13.9. The summed E-state index contributed by atoms with van der Waals surface area (Å²) in [7, 11) is 0. The molecule has 0 amide bonds. The monoisotopic (exact) mass is 676 g/mol. The molecule has 6 heterocycles. The number of nitrogens with two attached hydrogens (primary N) is 1. The molecule has 1 aliphatic heterocycles. The molecule has 0 unspecified atom stereocenters. The van der Waals surface area contributed by atoms with E-state index in [9.17, 15) is 0 Å². The van der Waals surface area contributed by atoms with Crippen molar-refractivity contribution in [2.24, 2.45) is 5.73 Å². The lowest BCUT2D eigenvalue weighted by molar-refractivity contribution is 0.202. The number of aromatic amines is 1. The maximum Gasteiger partial charge on any atom is 0.199 e. The topological polar surface area (TPSA) is 127 Å². The van der Waals surface area contributed by atoms with Crippen LogP contribution in [0.4, 0.5) is 0 Å². The molecule has 5 aromatic heterocycles. The van der Waals surface area contributed by atoms with Crippen molar-refractivity contribution < 1.29 is 0 Å². The van der Waals surface area contributed by atoms with Gasteiger partial charge < -0.3 is 5.73 Å². The molecule has 0 radical (unpaired) electrons. The lowest BCUT2D eigenvalue weighted by atomic mass is 9.95. The van der Waals surface area contributed by atoms with E-state index >= 15 is 0 Å². The molecule has 0 atom stereocenters. The Morgan fingerprint density at radius 1 is 0.854 bits per heavy atom. The Balaban J connectivity index is 0.00000117. The van der Waals surface area contributed by atoms with Crippen molar-refractivity contribution in [2.45, 2.75) is 31.8 Å². The molecule has 0 spiro atoms. The molecule has 12 heteroatoms. The summed E-state index contributed by atoms with van der Waals surface area (Å²) < 4.78 is 1.95. The van der Waals surface area contributed by atoms with E-state index < -0.39 is 0 Å². The molecule has 10 nitrogen and oxygen atoms in total. The maximum atomic E-state index is 5.90. The van der Waals surface area contributed by atoms with Crippen LogP contribution in [0, 0.1) is 0 Å². The molecule has 1 fully saturated rings. The van der Waals surface area contributed by atoms with Gasteiger partial charge in [0.1, 0.15) is 11.5 Å². The van der Waals surface area contributed by atoms with Crippen molar-refractivity contribution in [3.05, 3.63) is 115 Å². The number of nitrogens with zero attached hydrogens (tertiary/aromatic N) is 8. The fourth-order valence-corrected chi connectivity index (χ4v) is 6.30. The Hall–Kier alpha value is -4.74. The maximum absolute atomic E-state index is 5.90. The molecule has 1 saturated heterocycles. The second-order valence-corrected chi connectivity index (χ2v) is 12.4. The summed E-state index contributed by atoms with van der Waals surface area (Å²) in [4.78, 5) is 16.8. The van der Waals surface area contributed by atoms with Crippen LogP contribution >= 0.6 is 23.2 Å². The van der Waals surface area contributed by atoms with Gasteiger partial charge in [0.05, 0.1) is 23.1 Å². The third-order valence-corrected chi connectivity index (χ3v) is 8.71. The van der Waals surface area contributed by atoms with Crippen molar-refractivity contribution in [2.75, 3.05) is 18.4 Å². The van der Waals surface area contributed by atoms with Gasteiger partial charge in [0.25, 0.3) is 0 Å². The van der Waals surface area contributed by atoms with E-state index in [1.165, 1.54) is 5.56 Å². The van der Waals surface area contributed by atoms with Crippen molar-refractivity contribution >= 4 is 39.8 Å². The number of benzene rings is 2. The Bertz CT molecular complexity index is 2110. The molecule has 0 saturated carbocycles. The molecule has 8 rings (SSSR count). The smallest absolute Gasteiger partial charge is 0.199 e. The van der Waals surface area contributed by atoms with E-state index in [-0.39, 0.29) is 5.34 Å². The van der Waals surface area contributed by atoms with Crippen LogP contribution < -0.4 is 5.73 Å². The molecule has 1 aliphatic rings. The van der Waals surface area contributed by atoms with Gasteiger partial charge in [-0.05, 0) is 61.3 Å². The van der Waals surface area contributed by atoms with Crippen molar-refractivity contribution in [1.82, 2.24) is 44.6 Å². The Labute approximate surface area is 288 Å². The Kier molecular flexibility index (Phi) is 9.67. The minimum absolute atomic E-state index is 0.194. The van der Waals surface area contributed by atoms with Gasteiger partial charge in [0, 0.05) is 41.4 Å². The van der Waals surface area contributed by atoms with Crippen LogP contribution in [0.25, 0.3) is 50.5 Å². The van der Waals surface area contributed by atoms with Crippen LogP contribution in [0.15, 0.2) is 97.3 Å². The number of halogens is 2. The lowest BCUT2D eigenvalue weighted by Crippen LogP contribution is -2.32. The third-order valence-electron chi connectivity index (χ3n) is 8.71. The van der Waals surface area contributed by atoms with Crippen LogP contribution in [0.5, 0.6) is 0 Å². The average Bonchev–Trinajstić information content (AvgIpc) is 3.81. The molecule has 48 heavy (non-hydrogen) atoms. The number of alkyl halides is 2. The summed E-state index contributed by atoms with van der Waals surface area (Å²) in [5, 5.41) is 17.4. The van der Waals surface area contributed by atoms with Crippen LogP contribution in [-0.2, 0) is 13.1 Å². The number of rotatable bonds is 7. The summed E-state index contributed by atoms with van der Waals surface area (Å²) in [6.07, 6.45) is 5.81. The SMILES string of the molecule is ClCCl.NCc1nnc2c3cc(-c4ccccc4)c(-c4ccc(CN5CCC(c6nc(-c7ccccn7)n[nH]6)CC5)cc4)nc3ccn12. The first-order chi connectivity index (χ1) is 23.6. The molecular weight excluding hydrogens is 643 g/mol. The molecule has 242 valence electrons. The number of fused-ring (bicyclic) bond motifs is 3. The van der Waals surface area contributed by atoms with Gasteiger partial charge in [-0.2, -0.15) is 5.10 Å². The number of likely N-dealkylation sites (tertiary alicyclic amines) is 1. The van der Waals surface area contributed by atoms with E-state index in [0.717, 1.165) is 88.8 Å². The van der Waals surface area contributed by atoms with E-state index in [1.54, 1.807) is 6.20 Å². The Morgan fingerprint density at radius 3 is 2.35 bits per heavy atom. The van der Waals surface area contributed by atoms with Crippen LogP contribution in [0.2, 0.25) is 0 Å². The average molecular weight is 678 g/mol. The van der Waals surface area contributed by atoms with Gasteiger partial charge in [-0.1, -0.05) is 60.7 Å². The predicted octanol–water partition coefficient (Wildman–Crippen LogP) is 7.05. The van der Waals surface area contributed by atoms with Gasteiger partial charge in [-0.25, -0.2) is 9.97 Å². The summed E-state index contributed by atoms with van der Waals surface area (Å²) in [5.74, 6) is 2.73. The summed E-state index contributed by atoms with van der Waals surface area (Å²) in [6.45, 7) is 3.26. The van der Waals surface area contributed by atoms with Crippen molar-refractivity contribution in [3.8, 4) is 33.9 Å². The summed E-state index contributed by atoms with van der Waals surface area (Å²) >= 11 is 9.53. The fraction of sp³-hybridized carbons (Fsp3) is 0.222. The zero-order chi connectivity index (χ0) is 32.9. The predicted molar refractivity (Wildman–Crippen MR) is 190 cm³/mol. The summed E-state index contributed by atoms with van der Waals surface area (Å²) in [5.41, 5.74) is 13.8. The number of hydrogen-bond donors (Lipinski definition) is 2. The highest BCUT2D eigenvalue weighted by Crippen LogP contribution is 2.35. The number of aromatic nitrogens is 8. The van der Waals surface area contributed by atoms with Crippen LogP contribution in [-0.4, -0.2) is 63.1 Å². The number of piperidine rings is 1. The number of hydrogen-bond acceptors (Lipinski definition) is 8. The first-order valence-electron chi connectivity index (χ1n) is 15.8. The highest BCUT2D eigenvalue weighted by molar-refractivity contribution is 6.40. The number of nitrogens with one attached hydrogen (secondary N) is 1. The standard InChI is InChI=1S/C35H32N10.CH2Cl2/c36-21-31-40-43-35-28-20-27(24-6-2-1-3-7-24)32(38-29(28)15-19-45(31)35)25-11-9-23(10-12-25)22-44-17-13-26(14-18-44)33-39-34(42-41-33)30-8-4-5-16-37-30;2-1-3/h1-12,15-16,19-20,26H,13-14,17-18,21-22,36H2,(H,39,41,42);1H2. The highest BCUT2D eigenvalue weighted by atomic mass is 35.5. The fourth-order valence-electron chi connectivity index (χ4n) is 6.30. The van der Waals surface area contributed by atoms with E-state index in [0.29, 0.717) is 18.3 Å². The zero-order valence-corrected chi connectivity index (χ0v) is 27.7. The second kappa shape index (κ2) is 14.6. The highest BCUT2D eigenvalue weighted by Gasteiger charge is 2.24. The Morgan fingerprint density at radius 2 is 1.62 bits per heavy atom. The molecule has 0 bridgehead atoms. The molecule has 2 aromatic carbocycles. The minimum Gasteiger partial charge on any atom is -0.324 e. The zero-order valence-electron chi connectivity index (χ0n) is 26.2. The molecule has 0 aliphatic carbocycles. The van der Waals surface area contributed by atoms with Gasteiger partial charge in [0.15, 0.2) is 17.3 Å². The van der Waals surface area contributed by atoms with E-state index in [4.69, 9.17) is 38.9 Å². The first kappa shape index (κ1) is 31.8. The van der Waals surface area contributed by atoms with Gasteiger partial charge >= 0.3 is 0 Å². The van der Waals surface area contributed by atoms with Gasteiger partial charge in [-0.15, -0.1) is 33.4 Å². The van der Waals surface area contributed by atoms with Crippen molar-refractivity contribution in [1.29, 1.82) is 0 Å². The molecule has 7 aromatic rings. The first-order valence-corrected chi connectivity index (χ1v) is 16.9. The van der Waals surface area contributed by atoms with Crippen LogP contribution in [0.3, 0.4) is 0 Å². The second-order valence-electron chi connectivity index (χ2n) is 11.6. The third kappa shape index (κ3) is 6.65. The van der Waals surface area contributed by atoms with Gasteiger partial charge in [0.2, 0.25) is 0 Å². The van der Waals surface area contributed by atoms with E-state index in [2.05, 4.69) is 84.9 Å². The number of pyridine rings is 3. The molecular formula is C36H34Cl2N10. The van der Waals surface area contributed by atoms with Crippen LogP contribution in [0.1, 0.15) is 36.0 Å². The largest absolute Gasteiger partial charge is 0.324 e. The molecule has 3 N–H and O–H groups in total. The van der Waals surface area contributed by atoms with Gasteiger partial charge in [-0.3, -0.25) is 19.4 Å².